The molecule has 0 saturated carbocycles. The van der Waals surface area contributed by atoms with Crippen LogP contribution in [0.2, 0.25) is 0 Å². The largest absolute Gasteiger partial charge is 0.328 e. The van der Waals surface area contributed by atoms with Crippen LogP contribution in [0, 0.1) is 5.92 Å². The van der Waals surface area contributed by atoms with Crippen molar-refractivity contribution in [2.75, 3.05) is 19.6 Å². The smallest absolute Gasteiger partial charge is 0.00511 e. The summed E-state index contributed by atoms with van der Waals surface area (Å²) in [5.41, 5.74) is 6.05. The Morgan fingerprint density at radius 1 is 1.00 bits per heavy atom. The van der Waals surface area contributed by atoms with Crippen LogP contribution in [0.25, 0.3) is 0 Å². The highest BCUT2D eigenvalue weighted by atomic mass is 15.1. The molecule has 0 aromatic carbocycles. The van der Waals surface area contributed by atoms with Gasteiger partial charge in [0.05, 0.1) is 0 Å². The fraction of sp³-hybridized carbons (Fsp3) is 1.00. The number of hydrogen-bond donors (Lipinski definition) is 1. The van der Waals surface area contributed by atoms with Crippen LogP contribution in [0.5, 0.6) is 0 Å². The van der Waals surface area contributed by atoms with Gasteiger partial charge in [-0.3, -0.25) is 0 Å². The molecule has 0 aliphatic rings. The van der Waals surface area contributed by atoms with Crippen LogP contribution in [0.4, 0.5) is 0 Å². The van der Waals surface area contributed by atoms with Gasteiger partial charge in [-0.2, -0.15) is 0 Å². The molecule has 0 aromatic rings. The van der Waals surface area contributed by atoms with E-state index in [1.165, 1.54) is 12.8 Å². The van der Waals surface area contributed by atoms with Crippen molar-refractivity contribution in [3.63, 3.8) is 0 Å². The summed E-state index contributed by atoms with van der Waals surface area (Å²) < 4.78 is 0. The normalized spacial score (nSPS) is 13.9. The van der Waals surface area contributed by atoms with Gasteiger partial charge in [0.15, 0.2) is 0 Å². The third-order valence-electron chi connectivity index (χ3n) is 2.83. The van der Waals surface area contributed by atoms with Crippen LogP contribution in [0.15, 0.2) is 0 Å². The molecule has 1 atom stereocenters. The minimum Gasteiger partial charge on any atom is -0.328 e. The number of nitrogens with two attached hydrogens (primary N) is 1. The van der Waals surface area contributed by atoms with E-state index >= 15 is 0 Å². The second-order valence-electron chi connectivity index (χ2n) is 4.55. The van der Waals surface area contributed by atoms with Gasteiger partial charge in [-0.15, -0.1) is 0 Å². The Hall–Kier alpha value is -0.0800. The van der Waals surface area contributed by atoms with E-state index < -0.39 is 0 Å². The standard InChI is InChI=1S/C12H28N2/c1-5-14(6-2)10-9-12(13)8-7-11(3)4/h11-12H,5-10,13H2,1-4H3. The first kappa shape index (κ1) is 13.9. The molecule has 0 saturated heterocycles. The molecule has 14 heavy (non-hydrogen) atoms. The van der Waals surface area contributed by atoms with Crippen molar-refractivity contribution < 1.29 is 0 Å². The fourth-order valence-electron chi connectivity index (χ4n) is 1.58. The zero-order valence-corrected chi connectivity index (χ0v) is 10.4. The average molecular weight is 200 g/mol. The first-order valence-electron chi connectivity index (χ1n) is 6.08. The summed E-state index contributed by atoms with van der Waals surface area (Å²) in [5, 5.41) is 0. The molecule has 2 heteroatoms. The molecule has 0 aromatic heterocycles. The Kier molecular flexibility index (Phi) is 8.20. The second-order valence-corrected chi connectivity index (χ2v) is 4.55. The van der Waals surface area contributed by atoms with Gasteiger partial charge in [0.1, 0.15) is 0 Å². The SMILES string of the molecule is CCN(CC)CCC(N)CCC(C)C. The molecule has 0 bridgehead atoms. The lowest BCUT2D eigenvalue weighted by molar-refractivity contribution is 0.285. The van der Waals surface area contributed by atoms with Gasteiger partial charge in [-0.05, 0) is 44.8 Å². The monoisotopic (exact) mass is 200 g/mol. The number of hydrogen-bond acceptors (Lipinski definition) is 2. The van der Waals surface area contributed by atoms with Crippen molar-refractivity contribution in [1.29, 1.82) is 0 Å². The van der Waals surface area contributed by atoms with Gasteiger partial charge in [-0.25, -0.2) is 0 Å². The van der Waals surface area contributed by atoms with E-state index in [2.05, 4.69) is 32.6 Å². The van der Waals surface area contributed by atoms with Gasteiger partial charge >= 0.3 is 0 Å². The highest BCUT2D eigenvalue weighted by Gasteiger charge is 2.06. The molecule has 2 nitrogen and oxygen atoms in total. The Morgan fingerprint density at radius 3 is 2.00 bits per heavy atom. The maximum absolute atomic E-state index is 6.05. The molecule has 2 N–H and O–H groups in total. The third kappa shape index (κ3) is 7.34. The molecule has 0 amide bonds. The van der Waals surface area contributed by atoms with Crippen molar-refractivity contribution in [2.24, 2.45) is 11.7 Å². The Balaban J connectivity index is 3.46. The zero-order chi connectivity index (χ0) is 11.0. The predicted molar refractivity (Wildman–Crippen MR) is 64.5 cm³/mol. The van der Waals surface area contributed by atoms with Crippen LogP contribution >= 0.6 is 0 Å². The maximum atomic E-state index is 6.05. The van der Waals surface area contributed by atoms with Gasteiger partial charge < -0.3 is 10.6 Å². The molecule has 0 fully saturated rings. The molecular weight excluding hydrogens is 172 g/mol. The van der Waals surface area contributed by atoms with E-state index in [1.54, 1.807) is 0 Å². The van der Waals surface area contributed by atoms with Crippen LogP contribution in [-0.2, 0) is 0 Å². The summed E-state index contributed by atoms with van der Waals surface area (Å²) in [7, 11) is 0. The lowest BCUT2D eigenvalue weighted by Gasteiger charge is -2.20. The van der Waals surface area contributed by atoms with E-state index in [0.717, 1.165) is 32.0 Å². The van der Waals surface area contributed by atoms with Crippen molar-refractivity contribution >= 4 is 0 Å². The van der Waals surface area contributed by atoms with Gasteiger partial charge in [0, 0.05) is 6.04 Å². The molecule has 0 radical (unpaired) electrons. The van der Waals surface area contributed by atoms with Crippen molar-refractivity contribution in [3.05, 3.63) is 0 Å². The molecule has 0 heterocycles. The fourth-order valence-corrected chi connectivity index (χ4v) is 1.58. The summed E-state index contributed by atoms with van der Waals surface area (Å²) in [6.07, 6.45) is 3.59. The molecule has 0 aliphatic carbocycles. The van der Waals surface area contributed by atoms with E-state index in [1.807, 2.05) is 0 Å². The van der Waals surface area contributed by atoms with Crippen molar-refractivity contribution in [3.8, 4) is 0 Å². The van der Waals surface area contributed by atoms with E-state index in [0.29, 0.717) is 6.04 Å². The van der Waals surface area contributed by atoms with Crippen LogP contribution in [0.3, 0.4) is 0 Å². The Bertz CT molecular complexity index is 119. The highest BCUT2D eigenvalue weighted by molar-refractivity contribution is 4.65. The van der Waals surface area contributed by atoms with Crippen molar-refractivity contribution in [2.45, 2.75) is 53.0 Å². The predicted octanol–water partition coefficient (Wildman–Crippen LogP) is 2.48. The lowest BCUT2D eigenvalue weighted by Crippen LogP contribution is -2.30. The van der Waals surface area contributed by atoms with E-state index in [4.69, 9.17) is 5.73 Å². The molecular formula is C12H28N2. The van der Waals surface area contributed by atoms with Crippen LogP contribution < -0.4 is 5.73 Å². The molecule has 1 unspecified atom stereocenters. The lowest BCUT2D eigenvalue weighted by atomic mass is 10.0. The maximum Gasteiger partial charge on any atom is 0.00511 e. The molecule has 0 aliphatic heterocycles. The second kappa shape index (κ2) is 8.25. The minimum absolute atomic E-state index is 0.401. The minimum atomic E-state index is 0.401. The van der Waals surface area contributed by atoms with Gasteiger partial charge in [-0.1, -0.05) is 27.7 Å². The molecule has 0 spiro atoms. The third-order valence-corrected chi connectivity index (χ3v) is 2.83. The molecule has 86 valence electrons. The summed E-state index contributed by atoms with van der Waals surface area (Å²) in [4.78, 5) is 2.44. The summed E-state index contributed by atoms with van der Waals surface area (Å²) >= 11 is 0. The van der Waals surface area contributed by atoms with Crippen LogP contribution in [-0.4, -0.2) is 30.6 Å². The quantitative estimate of drug-likeness (QED) is 0.652. The average Bonchev–Trinajstić information content (AvgIpc) is 2.16. The zero-order valence-electron chi connectivity index (χ0n) is 10.4. The molecule has 0 rings (SSSR count). The number of rotatable bonds is 8. The van der Waals surface area contributed by atoms with Gasteiger partial charge in [0.25, 0.3) is 0 Å². The number of nitrogens with zero attached hydrogens (tertiary/aromatic N) is 1. The van der Waals surface area contributed by atoms with E-state index in [-0.39, 0.29) is 0 Å². The summed E-state index contributed by atoms with van der Waals surface area (Å²) in [6, 6.07) is 0.401. The van der Waals surface area contributed by atoms with Gasteiger partial charge in [0.2, 0.25) is 0 Å². The van der Waals surface area contributed by atoms with Crippen LogP contribution in [0.1, 0.15) is 47.0 Å². The Labute approximate surface area is 89.9 Å². The topological polar surface area (TPSA) is 29.3 Å². The first-order chi connectivity index (χ1) is 6.60. The summed E-state index contributed by atoms with van der Waals surface area (Å²) in [6.45, 7) is 12.4. The van der Waals surface area contributed by atoms with Crippen molar-refractivity contribution in [1.82, 2.24) is 4.90 Å². The first-order valence-corrected chi connectivity index (χ1v) is 6.08. The highest BCUT2D eigenvalue weighted by Crippen LogP contribution is 2.08. The Morgan fingerprint density at radius 2 is 1.57 bits per heavy atom. The summed E-state index contributed by atoms with van der Waals surface area (Å²) in [5.74, 6) is 0.787. The van der Waals surface area contributed by atoms with E-state index in [9.17, 15) is 0 Å².